The van der Waals surface area contributed by atoms with Gasteiger partial charge in [-0.15, -0.1) is 5.10 Å². The monoisotopic (exact) mass is 420 g/mol. The molecule has 7 nitrogen and oxygen atoms in total. The standard InChI is InChI=1S/C19H28N6OS2/c1-28-19-22-18(20)25(23-19)17(21-14-27)8-11-26-16-7-5-6-15(12-16)13-24-9-3-2-4-10-24/h5-7,12,14,17H,2-4,8-11,13H2,1H3,(H,21,27)(H2,20,22,23). The molecular weight excluding hydrogens is 392 g/mol. The van der Waals surface area contributed by atoms with E-state index in [1.165, 1.54) is 55.2 Å². The molecule has 0 amide bonds. The second kappa shape index (κ2) is 10.6. The maximum atomic E-state index is 5.99. The van der Waals surface area contributed by atoms with Crippen LogP contribution in [0.2, 0.25) is 0 Å². The van der Waals surface area contributed by atoms with Gasteiger partial charge in [-0.25, -0.2) is 4.68 Å². The molecule has 1 saturated heterocycles. The molecule has 0 radical (unpaired) electrons. The number of anilines is 1. The number of benzene rings is 1. The molecule has 1 fully saturated rings. The lowest BCUT2D eigenvalue weighted by Crippen LogP contribution is -2.29. The number of nitrogens with one attached hydrogen (secondary N) is 1. The lowest BCUT2D eigenvalue weighted by molar-refractivity contribution is 0.220. The van der Waals surface area contributed by atoms with Gasteiger partial charge in [-0.3, -0.25) is 4.90 Å². The zero-order chi connectivity index (χ0) is 19.8. The molecule has 0 bridgehead atoms. The first-order chi connectivity index (χ1) is 13.7. The molecule has 1 unspecified atom stereocenters. The fourth-order valence-electron chi connectivity index (χ4n) is 3.38. The summed E-state index contributed by atoms with van der Waals surface area (Å²) in [5.41, 5.74) is 8.75. The van der Waals surface area contributed by atoms with Gasteiger partial charge in [0.1, 0.15) is 11.9 Å². The Hall–Kier alpha value is -1.84. The van der Waals surface area contributed by atoms with Crippen LogP contribution in [0.5, 0.6) is 5.75 Å². The Morgan fingerprint density at radius 1 is 1.36 bits per heavy atom. The first-order valence-electron chi connectivity index (χ1n) is 9.59. The van der Waals surface area contributed by atoms with Crippen molar-refractivity contribution >= 4 is 35.4 Å². The van der Waals surface area contributed by atoms with Crippen molar-refractivity contribution in [3.8, 4) is 5.75 Å². The van der Waals surface area contributed by atoms with E-state index >= 15 is 0 Å². The lowest BCUT2D eigenvalue weighted by Gasteiger charge is -2.26. The highest BCUT2D eigenvalue weighted by Crippen LogP contribution is 2.20. The van der Waals surface area contributed by atoms with Gasteiger partial charge in [-0.05, 0) is 49.9 Å². The molecule has 152 valence electrons. The third-order valence-corrected chi connectivity index (χ3v) is 5.46. The van der Waals surface area contributed by atoms with E-state index in [0.29, 0.717) is 24.1 Å². The smallest absolute Gasteiger partial charge is 0.221 e. The fourth-order valence-corrected chi connectivity index (χ4v) is 3.89. The Kier molecular flexibility index (Phi) is 7.93. The van der Waals surface area contributed by atoms with Crippen molar-refractivity contribution in [2.75, 3.05) is 31.7 Å². The molecule has 0 aliphatic carbocycles. The Morgan fingerprint density at radius 2 is 2.18 bits per heavy atom. The fraction of sp³-hybridized carbons (Fsp3) is 0.526. The van der Waals surface area contributed by atoms with Crippen LogP contribution in [-0.2, 0) is 6.54 Å². The molecule has 1 atom stereocenters. The van der Waals surface area contributed by atoms with Gasteiger partial charge in [-0.2, -0.15) is 4.98 Å². The number of rotatable bonds is 10. The molecule has 2 aromatic rings. The molecule has 0 saturated carbocycles. The number of piperidine rings is 1. The molecule has 1 aliphatic heterocycles. The normalized spacial score (nSPS) is 15.9. The van der Waals surface area contributed by atoms with Gasteiger partial charge < -0.3 is 15.8 Å². The average Bonchev–Trinajstić information content (AvgIpc) is 3.09. The minimum absolute atomic E-state index is 0.192. The van der Waals surface area contributed by atoms with E-state index in [2.05, 4.69) is 38.5 Å². The van der Waals surface area contributed by atoms with Crippen LogP contribution < -0.4 is 15.8 Å². The van der Waals surface area contributed by atoms with Crippen molar-refractivity contribution in [2.24, 2.45) is 0 Å². The predicted molar refractivity (Wildman–Crippen MR) is 118 cm³/mol. The van der Waals surface area contributed by atoms with E-state index in [-0.39, 0.29) is 6.17 Å². The number of aromatic nitrogens is 3. The van der Waals surface area contributed by atoms with Gasteiger partial charge >= 0.3 is 0 Å². The number of nitrogens with two attached hydrogens (primary N) is 1. The summed E-state index contributed by atoms with van der Waals surface area (Å²) in [5, 5.41) is 8.15. The first kappa shape index (κ1) is 20.9. The number of nitrogens with zero attached hydrogens (tertiary/aromatic N) is 4. The third kappa shape index (κ3) is 5.83. The zero-order valence-electron chi connectivity index (χ0n) is 16.2. The van der Waals surface area contributed by atoms with Crippen molar-refractivity contribution in [3.63, 3.8) is 0 Å². The first-order valence-corrected chi connectivity index (χ1v) is 11.3. The SMILES string of the molecule is CSc1nc(N)n(C(CCOc2cccc(CN3CCCCC3)c2)NC=S)n1. The summed E-state index contributed by atoms with van der Waals surface area (Å²) >= 11 is 6.41. The largest absolute Gasteiger partial charge is 0.493 e. The van der Waals surface area contributed by atoms with Gasteiger partial charge in [0.15, 0.2) is 0 Å². The Morgan fingerprint density at radius 3 is 2.89 bits per heavy atom. The molecule has 3 N–H and O–H groups in total. The molecule has 1 aromatic heterocycles. The van der Waals surface area contributed by atoms with Crippen LogP contribution in [0.15, 0.2) is 29.4 Å². The van der Waals surface area contributed by atoms with Crippen LogP contribution in [0.25, 0.3) is 0 Å². The zero-order valence-corrected chi connectivity index (χ0v) is 17.8. The summed E-state index contributed by atoms with van der Waals surface area (Å²) in [7, 11) is 0. The van der Waals surface area contributed by atoms with Crippen molar-refractivity contribution in [2.45, 2.75) is 43.6 Å². The van der Waals surface area contributed by atoms with E-state index in [0.717, 1.165) is 12.3 Å². The van der Waals surface area contributed by atoms with Crippen LogP contribution in [0, 0.1) is 0 Å². The van der Waals surface area contributed by atoms with Crippen molar-refractivity contribution in [1.82, 2.24) is 25.0 Å². The van der Waals surface area contributed by atoms with Crippen LogP contribution in [0.4, 0.5) is 5.95 Å². The summed E-state index contributed by atoms with van der Waals surface area (Å²) in [5.74, 6) is 1.24. The maximum absolute atomic E-state index is 5.99. The molecule has 3 rings (SSSR count). The highest BCUT2D eigenvalue weighted by Gasteiger charge is 2.16. The van der Waals surface area contributed by atoms with E-state index < -0.39 is 0 Å². The van der Waals surface area contributed by atoms with Crippen LogP contribution in [-0.4, -0.2) is 51.1 Å². The van der Waals surface area contributed by atoms with E-state index in [4.69, 9.17) is 22.7 Å². The highest BCUT2D eigenvalue weighted by atomic mass is 32.2. The molecule has 1 aliphatic rings. The highest BCUT2D eigenvalue weighted by molar-refractivity contribution is 7.98. The number of thiocarbonyl (C=S) groups is 1. The maximum Gasteiger partial charge on any atom is 0.221 e. The Balaban J connectivity index is 1.55. The van der Waals surface area contributed by atoms with Crippen molar-refractivity contribution < 1.29 is 4.74 Å². The van der Waals surface area contributed by atoms with Gasteiger partial charge in [0.2, 0.25) is 11.1 Å². The molecule has 0 spiro atoms. The summed E-state index contributed by atoms with van der Waals surface area (Å²) in [6.45, 7) is 3.88. The summed E-state index contributed by atoms with van der Waals surface area (Å²) in [6, 6.07) is 8.35. The van der Waals surface area contributed by atoms with Crippen LogP contribution >= 0.6 is 24.0 Å². The minimum Gasteiger partial charge on any atom is -0.493 e. The van der Waals surface area contributed by atoms with Gasteiger partial charge in [0.25, 0.3) is 0 Å². The van der Waals surface area contributed by atoms with E-state index in [9.17, 15) is 0 Å². The summed E-state index contributed by atoms with van der Waals surface area (Å²) < 4.78 is 7.65. The van der Waals surface area contributed by atoms with E-state index in [1.807, 2.05) is 12.3 Å². The summed E-state index contributed by atoms with van der Waals surface area (Å²) in [4.78, 5) is 6.74. The molecule has 9 heteroatoms. The lowest BCUT2D eigenvalue weighted by atomic mass is 10.1. The Labute approximate surface area is 176 Å². The number of thioether (sulfide) groups is 1. The van der Waals surface area contributed by atoms with E-state index in [1.54, 1.807) is 4.68 Å². The van der Waals surface area contributed by atoms with Crippen LogP contribution in [0.3, 0.4) is 0 Å². The number of ether oxygens (including phenoxy) is 1. The van der Waals surface area contributed by atoms with Gasteiger partial charge in [0, 0.05) is 13.0 Å². The Bertz CT molecular complexity index is 763. The number of likely N-dealkylation sites (tertiary alicyclic amines) is 1. The number of hydrogen-bond donors (Lipinski definition) is 2. The van der Waals surface area contributed by atoms with Crippen LogP contribution in [0.1, 0.15) is 37.4 Å². The second-order valence-electron chi connectivity index (χ2n) is 6.82. The van der Waals surface area contributed by atoms with Gasteiger partial charge in [0.05, 0.1) is 12.1 Å². The number of nitrogen functional groups attached to an aromatic ring is 1. The predicted octanol–water partition coefficient (Wildman–Crippen LogP) is 3.08. The van der Waals surface area contributed by atoms with Crippen molar-refractivity contribution in [1.29, 1.82) is 0 Å². The number of hydrogen-bond acceptors (Lipinski definition) is 7. The average molecular weight is 421 g/mol. The summed E-state index contributed by atoms with van der Waals surface area (Å²) in [6.07, 6.45) is 6.33. The topological polar surface area (TPSA) is 81.2 Å². The second-order valence-corrected chi connectivity index (χ2v) is 7.83. The molecule has 28 heavy (non-hydrogen) atoms. The third-order valence-electron chi connectivity index (χ3n) is 4.79. The minimum atomic E-state index is -0.192. The van der Waals surface area contributed by atoms with Crippen molar-refractivity contribution in [3.05, 3.63) is 29.8 Å². The molecule has 1 aromatic carbocycles. The molecule has 2 heterocycles. The quantitative estimate of drug-likeness (QED) is 0.448. The molecular formula is C19H28N6OS2. The van der Waals surface area contributed by atoms with Gasteiger partial charge in [-0.1, -0.05) is 42.5 Å².